The van der Waals surface area contributed by atoms with Crippen molar-refractivity contribution in [3.05, 3.63) is 90.0 Å². The maximum atomic E-state index is 12.8. The van der Waals surface area contributed by atoms with Gasteiger partial charge < -0.3 is 0 Å². The van der Waals surface area contributed by atoms with Gasteiger partial charge in [0, 0.05) is 5.56 Å². The number of carbonyl (C=O) groups is 1. The van der Waals surface area contributed by atoms with Crippen molar-refractivity contribution in [3.63, 3.8) is 0 Å². The first-order valence-corrected chi connectivity index (χ1v) is 7.24. The molecule has 1 aliphatic carbocycles. The minimum atomic E-state index is -0.471. The van der Waals surface area contributed by atoms with Crippen LogP contribution in [-0.4, -0.2) is 5.78 Å². The second-order valence-corrected chi connectivity index (χ2v) is 5.68. The van der Waals surface area contributed by atoms with Gasteiger partial charge in [-0.15, -0.1) is 0 Å². The highest BCUT2D eigenvalue weighted by atomic mass is 16.1. The number of carbonyl (C=O) groups excluding carboxylic acids is 1. The lowest BCUT2D eigenvalue weighted by Gasteiger charge is -2.27. The minimum absolute atomic E-state index is 0.181. The predicted molar refractivity (Wildman–Crippen MR) is 87.1 cm³/mol. The van der Waals surface area contributed by atoms with Gasteiger partial charge in [-0.1, -0.05) is 78.9 Å². The Hall–Kier alpha value is -2.41. The molecule has 104 valence electrons. The first-order chi connectivity index (χ1) is 10.2. The van der Waals surface area contributed by atoms with Crippen LogP contribution in [-0.2, 0) is 0 Å². The van der Waals surface area contributed by atoms with Crippen molar-refractivity contribution >= 4 is 11.4 Å². The lowest BCUT2D eigenvalue weighted by molar-refractivity contribution is 0.0871. The number of hydrogen-bond acceptors (Lipinski definition) is 1. The van der Waals surface area contributed by atoms with Crippen molar-refractivity contribution in [3.8, 4) is 0 Å². The van der Waals surface area contributed by atoms with E-state index in [4.69, 9.17) is 0 Å². The molecule has 0 spiro atoms. The third-order valence-electron chi connectivity index (χ3n) is 3.98. The topological polar surface area (TPSA) is 17.1 Å². The van der Waals surface area contributed by atoms with Crippen molar-refractivity contribution in [1.29, 1.82) is 0 Å². The predicted octanol–water partition coefficient (Wildman–Crippen LogP) is 4.92. The quantitative estimate of drug-likeness (QED) is 0.726. The van der Waals surface area contributed by atoms with Crippen molar-refractivity contribution in [2.45, 2.75) is 13.3 Å². The van der Waals surface area contributed by atoms with E-state index in [-0.39, 0.29) is 5.78 Å². The number of Topliss-reactive ketones (excluding diaryl/α,β-unsaturated/α-hetero) is 1. The Kier molecular flexibility index (Phi) is 3.57. The highest BCUT2D eigenvalue weighted by Crippen LogP contribution is 2.36. The fraction of sp³-hybridized carbons (Fsp3) is 0.150. The van der Waals surface area contributed by atoms with Crippen LogP contribution < -0.4 is 0 Å². The zero-order chi connectivity index (χ0) is 14.7. The summed E-state index contributed by atoms with van der Waals surface area (Å²) >= 11 is 0. The molecule has 0 radical (unpaired) electrons. The monoisotopic (exact) mass is 274 g/mol. The van der Waals surface area contributed by atoms with Crippen LogP contribution in [0.2, 0.25) is 0 Å². The molecule has 21 heavy (non-hydrogen) atoms. The van der Waals surface area contributed by atoms with Gasteiger partial charge in [-0.3, -0.25) is 4.79 Å². The molecule has 1 nitrogen and oxygen atoms in total. The van der Waals surface area contributed by atoms with Gasteiger partial charge in [0.15, 0.2) is 5.78 Å². The van der Waals surface area contributed by atoms with E-state index in [1.165, 1.54) is 0 Å². The molecule has 0 aromatic heterocycles. The van der Waals surface area contributed by atoms with Crippen molar-refractivity contribution in [1.82, 2.24) is 0 Å². The molecule has 2 aromatic carbocycles. The third-order valence-corrected chi connectivity index (χ3v) is 3.98. The van der Waals surface area contributed by atoms with Crippen LogP contribution in [0.15, 0.2) is 78.9 Å². The fourth-order valence-corrected chi connectivity index (χ4v) is 2.77. The van der Waals surface area contributed by atoms with Gasteiger partial charge in [-0.25, -0.2) is 0 Å². The number of rotatable bonds is 3. The molecule has 1 heteroatoms. The van der Waals surface area contributed by atoms with Crippen LogP contribution in [0.1, 0.15) is 29.3 Å². The Morgan fingerprint density at radius 1 is 0.952 bits per heavy atom. The summed E-state index contributed by atoms with van der Waals surface area (Å²) in [7, 11) is 0. The molecule has 1 atom stereocenters. The lowest BCUT2D eigenvalue weighted by Crippen LogP contribution is -2.26. The standard InChI is InChI=1S/C20H18O/c1-20(19(21)17-11-6-3-7-12-17)14-8-13-18(15-20)16-9-4-2-5-10-16/h2-13,15H,14H2,1H3. The molecule has 0 bridgehead atoms. The smallest absolute Gasteiger partial charge is 0.172 e. The van der Waals surface area contributed by atoms with Gasteiger partial charge in [0.25, 0.3) is 0 Å². The average Bonchev–Trinajstić information content (AvgIpc) is 2.56. The molecule has 0 aliphatic heterocycles. The average molecular weight is 274 g/mol. The lowest BCUT2D eigenvalue weighted by atomic mass is 9.75. The molecule has 0 amide bonds. The molecular formula is C20H18O. The highest BCUT2D eigenvalue weighted by Gasteiger charge is 2.32. The van der Waals surface area contributed by atoms with E-state index in [9.17, 15) is 4.79 Å². The molecule has 0 N–H and O–H groups in total. The second kappa shape index (κ2) is 5.53. The summed E-state index contributed by atoms with van der Waals surface area (Å²) in [6, 6.07) is 19.8. The Balaban J connectivity index is 1.97. The van der Waals surface area contributed by atoms with E-state index in [2.05, 4.69) is 30.4 Å². The van der Waals surface area contributed by atoms with E-state index < -0.39 is 5.41 Å². The summed E-state index contributed by atoms with van der Waals surface area (Å²) in [6.45, 7) is 2.02. The Morgan fingerprint density at radius 2 is 1.57 bits per heavy atom. The maximum absolute atomic E-state index is 12.8. The zero-order valence-corrected chi connectivity index (χ0v) is 12.1. The molecule has 1 aliphatic rings. The normalized spacial score (nSPS) is 20.9. The van der Waals surface area contributed by atoms with Gasteiger partial charge in [0.2, 0.25) is 0 Å². The number of benzene rings is 2. The Bertz CT molecular complexity index is 695. The number of ketones is 1. The molecule has 3 rings (SSSR count). The second-order valence-electron chi connectivity index (χ2n) is 5.68. The van der Waals surface area contributed by atoms with Crippen molar-refractivity contribution in [2.75, 3.05) is 0 Å². The van der Waals surface area contributed by atoms with Crippen molar-refractivity contribution in [2.24, 2.45) is 5.41 Å². The molecule has 2 aromatic rings. The highest BCUT2D eigenvalue weighted by molar-refractivity contribution is 6.03. The Labute approximate surface area is 125 Å². The minimum Gasteiger partial charge on any atom is -0.293 e. The molecule has 0 saturated carbocycles. The van der Waals surface area contributed by atoms with Gasteiger partial charge in [-0.2, -0.15) is 0 Å². The first-order valence-electron chi connectivity index (χ1n) is 7.24. The van der Waals surface area contributed by atoms with E-state index >= 15 is 0 Å². The van der Waals surface area contributed by atoms with Gasteiger partial charge >= 0.3 is 0 Å². The molecule has 0 fully saturated rings. The van der Waals surface area contributed by atoms with Gasteiger partial charge in [0.1, 0.15) is 0 Å². The summed E-state index contributed by atoms with van der Waals surface area (Å²) in [5.41, 5.74) is 2.58. The maximum Gasteiger partial charge on any atom is 0.172 e. The molecule has 0 heterocycles. The fourth-order valence-electron chi connectivity index (χ4n) is 2.77. The summed E-state index contributed by atoms with van der Waals surface area (Å²) < 4.78 is 0. The largest absolute Gasteiger partial charge is 0.293 e. The van der Waals surface area contributed by atoms with Crippen LogP contribution >= 0.6 is 0 Å². The summed E-state index contributed by atoms with van der Waals surface area (Å²) in [5, 5.41) is 0. The zero-order valence-electron chi connectivity index (χ0n) is 12.1. The third kappa shape index (κ3) is 2.73. The number of hydrogen-bond donors (Lipinski definition) is 0. The van der Waals surface area contributed by atoms with Crippen molar-refractivity contribution < 1.29 is 4.79 Å². The summed E-state index contributed by atoms with van der Waals surface area (Å²) in [5.74, 6) is 0.181. The van der Waals surface area contributed by atoms with E-state index in [0.29, 0.717) is 0 Å². The van der Waals surface area contributed by atoms with E-state index in [0.717, 1.165) is 23.1 Å². The van der Waals surface area contributed by atoms with Gasteiger partial charge in [-0.05, 0) is 24.5 Å². The van der Waals surface area contributed by atoms with E-state index in [1.807, 2.05) is 55.5 Å². The first kappa shape index (κ1) is 13.6. The van der Waals surface area contributed by atoms with Crippen LogP contribution in [0.5, 0.6) is 0 Å². The molecular weight excluding hydrogens is 256 g/mol. The van der Waals surface area contributed by atoms with Crippen LogP contribution in [0.25, 0.3) is 5.57 Å². The molecule has 1 unspecified atom stereocenters. The van der Waals surface area contributed by atoms with Crippen LogP contribution in [0.3, 0.4) is 0 Å². The number of allylic oxidation sites excluding steroid dienone is 4. The van der Waals surface area contributed by atoms with Gasteiger partial charge in [0.05, 0.1) is 5.41 Å². The molecule has 0 saturated heterocycles. The summed E-state index contributed by atoms with van der Waals surface area (Å²) in [6.07, 6.45) is 7.06. The Morgan fingerprint density at radius 3 is 2.24 bits per heavy atom. The SMILES string of the molecule is CC1(C(=O)c2ccccc2)C=C(c2ccccc2)C=CC1. The van der Waals surface area contributed by atoms with Crippen LogP contribution in [0.4, 0.5) is 0 Å². The van der Waals surface area contributed by atoms with E-state index in [1.54, 1.807) is 0 Å². The summed E-state index contributed by atoms with van der Waals surface area (Å²) in [4.78, 5) is 12.8. The van der Waals surface area contributed by atoms with Crippen LogP contribution in [0, 0.1) is 5.41 Å².